The van der Waals surface area contributed by atoms with E-state index >= 15 is 0 Å². The first-order chi connectivity index (χ1) is 14.7. The molecule has 0 radical (unpaired) electrons. The second-order valence-corrected chi connectivity index (χ2v) is 6.77. The molecule has 4 aromatic heterocycles. The zero-order chi connectivity index (χ0) is 20.5. The van der Waals surface area contributed by atoms with Gasteiger partial charge in [-0.05, 0) is 43.3 Å². The lowest BCUT2D eigenvalue weighted by atomic mass is 10.1. The summed E-state index contributed by atoms with van der Waals surface area (Å²) in [6.07, 6.45) is 3.27. The molecule has 1 N–H and O–H groups in total. The first-order valence-corrected chi connectivity index (χ1v) is 9.42. The van der Waals surface area contributed by atoms with Gasteiger partial charge in [0.2, 0.25) is 0 Å². The highest BCUT2D eigenvalue weighted by Gasteiger charge is 2.18. The number of rotatable bonds is 4. The highest BCUT2D eigenvalue weighted by molar-refractivity contribution is 6.12. The first kappa shape index (κ1) is 17.8. The molecule has 30 heavy (non-hydrogen) atoms. The van der Waals surface area contributed by atoms with Crippen LogP contribution in [0.25, 0.3) is 28.2 Å². The van der Waals surface area contributed by atoms with Crippen LogP contribution >= 0.6 is 0 Å². The molecule has 0 bridgehead atoms. The third-order valence-corrected chi connectivity index (χ3v) is 4.67. The van der Waals surface area contributed by atoms with Crippen molar-refractivity contribution >= 4 is 22.6 Å². The fourth-order valence-electron chi connectivity index (χ4n) is 3.34. The number of furan rings is 1. The highest BCUT2D eigenvalue weighted by Crippen LogP contribution is 2.26. The van der Waals surface area contributed by atoms with Crippen molar-refractivity contribution in [2.45, 2.75) is 6.92 Å². The Bertz CT molecular complexity index is 1340. The van der Waals surface area contributed by atoms with E-state index in [4.69, 9.17) is 4.42 Å². The Hall–Kier alpha value is -4.26. The summed E-state index contributed by atoms with van der Waals surface area (Å²) in [4.78, 5) is 22.3. The van der Waals surface area contributed by atoms with E-state index in [1.807, 2.05) is 61.5 Å². The summed E-state index contributed by atoms with van der Waals surface area (Å²) >= 11 is 0. The van der Waals surface area contributed by atoms with Crippen LogP contribution in [0.2, 0.25) is 0 Å². The molecule has 5 rings (SSSR count). The smallest absolute Gasteiger partial charge is 0.257 e. The molecule has 7 nitrogen and oxygen atoms in total. The van der Waals surface area contributed by atoms with Crippen LogP contribution in [-0.4, -0.2) is 25.7 Å². The van der Waals surface area contributed by atoms with Gasteiger partial charge in [0.15, 0.2) is 11.6 Å². The van der Waals surface area contributed by atoms with Crippen LogP contribution < -0.4 is 5.32 Å². The number of pyridine rings is 2. The van der Waals surface area contributed by atoms with Crippen molar-refractivity contribution in [1.82, 2.24) is 19.7 Å². The minimum atomic E-state index is -0.265. The topological polar surface area (TPSA) is 85.8 Å². The SMILES string of the molecule is Cc1cc(NC(=O)c2cc(-c3ccco3)nc3ccccc23)n(-c2ccccn2)n1. The van der Waals surface area contributed by atoms with Gasteiger partial charge in [0.25, 0.3) is 5.91 Å². The minimum absolute atomic E-state index is 0.265. The van der Waals surface area contributed by atoms with E-state index in [9.17, 15) is 4.79 Å². The molecule has 0 unspecified atom stereocenters. The maximum Gasteiger partial charge on any atom is 0.257 e. The van der Waals surface area contributed by atoms with Gasteiger partial charge in [-0.25, -0.2) is 9.97 Å². The zero-order valence-electron chi connectivity index (χ0n) is 16.1. The number of hydrogen-bond donors (Lipinski definition) is 1. The van der Waals surface area contributed by atoms with Crippen molar-refractivity contribution in [3.05, 3.63) is 90.4 Å². The van der Waals surface area contributed by atoms with Crippen LogP contribution in [0.5, 0.6) is 0 Å². The summed E-state index contributed by atoms with van der Waals surface area (Å²) in [6, 6.07) is 20.2. The summed E-state index contributed by atoms with van der Waals surface area (Å²) < 4.78 is 7.10. The average Bonchev–Trinajstić information content (AvgIpc) is 3.43. The molecule has 0 atom stereocenters. The molecule has 0 aliphatic rings. The third kappa shape index (κ3) is 3.22. The van der Waals surface area contributed by atoms with Crippen LogP contribution in [0, 0.1) is 6.92 Å². The van der Waals surface area contributed by atoms with Gasteiger partial charge >= 0.3 is 0 Å². The van der Waals surface area contributed by atoms with Gasteiger partial charge in [-0.1, -0.05) is 24.3 Å². The normalized spacial score (nSPS) is 11.0. The molecule has 0 saturated carbocycles. The Kier molecular flexibility index (Phi) is 4.33. The number of aryl methyl sites for hydroxylation is 1. The number of hydrogen-bond acceptors (Lipinski definition) is 5. The molecule has 0 fully saturated rings. The molecule has 146 valence electrons. The van der Waals surface area contributed by atoms with Crippen LogP contribution in [0.15, 0.2) is 83.6 Å². The third-order valence-electron chi connectivity index (χ3n) is 4.67. The van der Waals surface area contributed by atoms with Crippen LogP contribution in [0.4, 0.5) is 5.82 Å². The lowest BCUT2D eigenvalue weighted by molar-refractivity contribution is 0.102. The van der Waals surface area contributed by atoms with Gasteiger partial charge in [-0.15, -0.1) is 0 Å². The number of aromatic nitrogens is 4. The van der Waals surface area contributed by atoms with Crippen LogP contribution in [0.1, 0.15) is 16.1 Å². The number of nitrogens with one attached hydrogen (secondary N) is 1. The average molecular weight is 395 g/mol. The van der Waals surface area contributed by atoms with E-state index in [1.54, 1.807) is 29.3 Å². The van der Waals surface area contributed by atoms with E-state index in [-0.39, 0.29) is 5.91 Å². The monoisotopic (exact) mass is 395 g/mol. The summed E-state index contributed by atoms with van der Waals surface area (Å²) in [5, 5.41) is 8.19. The van der Waals surface area contributed by atoms with Crippen molar-refractivity contribution in [2.75, 3.05) is 5.32 Å². The van der Waals surface area contributed by atoms with E-state index in [0.717, 1.165) is 11.1 Å². The molecular formula is C23H17N5O2. The molecule has 0 aliphatic heterocycles. The molecular weight excluding hydrogens is 378 g/mol. The largest absolute Gasteiger partial charge is 0.463 e. The summed E-state index contributed by atoms with van der Waals surface area (Å²) in [6.45, 7) is 1.87. The summed E-state index contributed by atoms with van der Waals surface area (Å²) in [7, 11) is 0. The van der Waals surface area contributed by atoms with Crippen LogP contribution in [-0.2, 0) is 0 Å². The predicted octanol–water partition coefficient (Wildman–Crippen LogP) is 4.64. The number of carbonyl (C=O) groups is 1. The van der Waals surface area contributed by atoms with E-state index in [2.05, 4.69) is 20.4 Å². The number of benzene rings is 1. The first-order valence-electron chi connectivity index (χ1n) is 9.42. The zero-order valence-corrected chi connectivity index (χ0v) is 16.1. The second-order valence-electron chi connectivity index (χ2n) is 6.77. The van der Waals surface area contributed by atoms with Crippen molar-refractivity contribution < 1.29 is 9.21 Å². The van der Waals surface area contributed by atoms with Gasteiger partial charge in [-0.3, -0.25) is 4.79 Å². The number of nitrogens with zero attached hydrogens (tertiary/aromatic N) is 4. The molecule has 7 heteroatoms. The fourth-order valence-corrected chi connectivity index (χ4v) is 3.34. The molecule has 1 amide bonds. The number of anilines is 1. The quantitative estimate of drug-likeness (QED) is 0.479. The van der Waals surface area contributed by atoms with Crippen molar-refractivity contribution in [3.63, 3.8) is 0 Å². The lowest BCUT2D eigenvalue weighted by Gasteiger charge is -2.11. The Morgan fingerprint density at radius 2 is 1.90 bits per heavy atom. The van der Waals surface area contributed by atoms with Crippen molar-refractivity contribution in [2.24, 2.45) is 0 Å². The van der Waals surface area contributed by atoms with E-state index in [1.165, 1.54) is 0 Å². The molecule has 0 saturated heterocycles. The number of carbonyl (C=O) groups excluding carboxylic acids is 1. The highest BCUT2D eigenvalue weighted by atomic mass is 16.3. The van der Waals surface area contributed by atoms with Crippen molar-refractivity contribution in [1.29, 1.82) is 0 Å². The summed E-state index contributed by atoms with van der Waals surface area (Å²) in [5.41, 5.74) is 2.58. The Labute approximate surface area is 172 Å². The van der Waals surface area contributed by atoms with E-state index in [0.29, 0.717) is 34.2 Å². The molecule has 1 aromatic carbocycles. The van der Waals surface area contributed by atoms with E-state index < -0.39 is 0 Å². The Morgan fingerprint density at radius 1 is 1.03 bits per heavy atom. The Morgan fingerprint density at radius 3 is 2.70 bits per heavy atom. The summed E-state index contributed by atoms with van der Waals surface area (Å²) in [5.74, 6) is 1.50. The van der Waals surface area contributed by atoms with Gasteiger partial charge in [-0.2, -0.15) is 9.78 Å². The van der Waals surface area contributed by atoms with Crippen molar-refractivity contribution in [3.8, 4) is 17.3 Å². The van der Waals surface area contributed by atoms with Gasteiger partial charge in [0, 0.05) is 17.6 Å². The standard InChI is InChI=1S/C23H17N5O2/c1-15-13-22(28(27-15)21-10-4-5-11-24-21)26-23(29)17-14-19(20-9-6-12-30-20)25-18-8-3-2-7-16(17)18/h2-14H,1H3,(H,26,29). The number of amides is 1. The number of fused-ring (bicyclic) bond motifs is 1. The lowest BCUT2D eigenvalue weighted by Crippen LogP contribution is -2.16. The molecule has 0 spiro atoms. The van der Waals surface area contributed by atoms with Gasteiger partial charge in [0.05, 0.1) is 23.0 Å². The molecule has 5 aromatic rings. The Balaban J connectivity index is 1.58. The predicted molar refractivity (Wildman–Crippen MR) is 113 cm³/mol. The van der Waals surface area contributed by atoms with Gasteiger partial charge < -0.3 is 9.73 Å². The number of para-hydroxylation sites is 1. The second kappa shape index (κ2) is 7.29. The maximum absolute atomic E-state index is 13.3. The van der Waals surface area contributed by atoms with Gasteiger partial charge in [0.1, 0.15) is 11.5 Å². The molecule has 0 aliphatic carbocycles. The van der Waals surface area contributed by atoms with Crippen LogP contribution in [0.3, 0.4) is 0 Å². The minimum Gasteiger partial charge on any atom is -0.463 e. The maximum atomic E-state index is 13.3. The fraction of sp³-hybridized carbons (Fsp3) is 0.0435. The molecule has 4 heterocycles.